The molecule has 0 fully saturated rings. The van der Waals surface area contributed by atoms with Gasteiger partial charge >= 0.3 is 0 Å². The second-order valence-electron chi connectivity index (χ2n) is 4.12. The van der Waals surface area contributed by atoms with Crippen LogP contribution in [0.2, 0.25) is 0 Å². The SMILES string of the molecule is CC(=O)Nc1cc(F)c(F)cc1NC(=O)C(C)CN. The minimum Gasteiger partial charge on any atom is -0.330 e. The average molecular weight is 271 g/mol. The topological polar surface area (TPSA) is 84.2 Å². The van der Waals surface area contributed by atoms with Crippen LogP contribution in [0.5, 0.6) is 0 Å². The number of carbonyl (C=O) groups is 2. The summed E-state index contributed by atoms with van der Waals surface area (Å²) in [5, 5.41) is 4.71. The number of nitrogens with one attached hydrogen (secondary N) is 2. The van der Waals surface area contributed by atoms with Crippen LogP contribution in [0.15, 0.2) is 12.1 Å². The first-order valence-electron chi connectivity index (χ1n) is 5.62. The molecule has 4 N–H and O–H groups in total. The van der Waals surface area contributed by atoms with Crippen molar-refractivity contribution in [2.24, 2.45) is 11.7 Å². The molecule has 1 rings (SSSR count). The molecule has 0 saturated carbocycles. The maximum Gasteiger partial charge on any atom is 0.228 e. The number of hydrogen-bond donors (Lipinski definition) is 3. The van der Waals surface area contributed by atoms with E-state index < -0.39 is 29.4 Å². The van der Waals surface area contributed by atoms with Crippen molar-refractivity contribution in [3.63, 3.8) is 0 Å². The Bertz CT molecular complexity index is 506. The van der Waals surface area contributed by atoms with Gasteiger partial charge in [-0.2, -0.15) is 0 Å². The average Bonchev–Trinajstić information content (AvgIpc) is 2.33. The zero-order valence-electron chi connectivity index (χ0n) is 10.6. The van der Waals surface area contributed by atoms with E-state index in [1.165, 1.54) is 6.92 Å². The van der Waals surface area contributed by atoms with E-state index in [9.17, 15) is 18.4 Å². The molecule has 7 heteroatoms. The molecule has 104 valence electrons. The monoisotopic (exact) mass is 271 g/mol. The summed E-state index contributed by atoms with van der Waals surface area (Å²) in [6.07, 6.45) is 0. The van der Waals surface area contributed by atoms with Crippen LogP contribution in [0, 0.1) is 17.6 Å². The lowest BCUT2D eigenvalue weighted by atomic mass is 10.1. The highest BCUT2D eigenvalue weighted by molar-refractivity contribution is 5.99. The first-order valence-corrected chi connectivity index (χ1v) is 5.62. The highest BCUT2D eigenvalue weighted by atomic mass is 19.2. The van der Waals surface area contributed by atoms with Gasteiger partial charge in [0.05, 0.1) is 11.4 Å². The number of benzene rings is 1. The molecular formula is C12H15F2N3O2. The van der Waals surface area contributed by atoms with Crippen LogP contribution in [-0.4, -0.2) is 18.4 Å². The molecule has 0 heterocycles. The number of anilines is 2. The summed E-state index contributed by atoms with van der Waals surface area (Å²) < 4.78 is 26.3. The zero-order chi connectivity index (χ0) is 14.6. The minimum absolute atomic E-state index is 0.0102. The molecule has 2 amide bonds. The van der Waals surface area contributed by atoms with Crippen LogP contribution in [-0.2, 0) is 9.59 Å². The van der Waals surface area contributed by atoms with Crippen molar-refractivity contribution in [1.82, 2.24) is 0 Å². The Morgan fingerprint density at radius 1 is 1.21 bits per heavy atom. The van der Waals surface area contributed by atoms with Crippen molar-refractivity contribution in [2.45, 2.75) is 13.8 Å². The van der Waals surface area contributed by atoms with Crippen molar-refractivity contribution < 1.29 is 18.4 Å². The third-order valence-electron chi connectivity index (χ3n) is 2.43. The summed E-state index contributed by atoms with van der Waals surface area (Å²) in [6.45, 7) is 2.92. The maximum atomic E-state index is 13.2. The molecule has 19 heavy (non-hydrogen) atoms. The van der Waals surface area contributed by atoms with E-state index in [4.69, 9.17) is 5.73 Å². The maximum absolute atomic E-state index is 13.2. The van der Waals surface area contributed by atoms with Gasteiger partial charge in [-0.3, -0.25) is 9.59 Å². The molecule has 0 saturated heterocycles. The van der Waals surface area contributed by atoms with Crippen LogP contribution in [0.3, 0.4) is 0 Å². The molecule has 0 aliphatic carbocycles. The van der Waals surface area contributed by atoms with Crippen LogP contribution >= 0.6 is 0 Å². The van der Waals surface area contributed by atoms with Gasteiger partial charge in [-0.15, -0.1) is 0 Å². The molecule has 0 bridgehead atoms. The van der Waals surface area contributed by atoms with E-state index >= 15 is 0 Å². The second-order valence-corrected chi connectivity index (χ2v) is 4.12. The van der Waals surface area contributed by atoms with E-state index in [2.05, 4.69) is 10.6 Å². The number of halogens is 2. The molecule has 1 aromatic rings. The van der Waals surface area contributed by atoms with Crippen LogP contribution in [0.25, 0.3) is 0 Å². The molecule has 5 nitrogen and oxygen atoms in total. The standard InChI is InChI=1S/C12H15F2N3O2/c1-6(5-15)12(19)17-11-4-9(14)8(13)3-10(11)16-7(2)18/h3-4,6H,5,15H2,1-2H3,(H,16,18)(H,17,19). The van der Waals surface area contributed by atoms with Gasteiger partial charge in [-0.05, 0) is 0 Å². The van der Waals surface area contributed by atoms with E-state index in [1.807, 2.05) is 0 Å². The van der Waals surface area contributed by atoms with Crippen molar-refractivity contribution >= 4 is 23.2 Å². The third kappa shape index (κ3) is 3.99. The second kappa shape index (κ2) is 6.24. The van der Waals surface area contributed by atoms with Gasteiger partial charge < -0.3 is 16.4 Å². The van der Waals surface area contributed by atoms with Crippen LogP contribution in [0.4, 0.5) is 20.2 Å². The Kier molecular flexibility index (Phi) is 4.94. The molecule has 1 unspecified atom stereocenters. The molecule has 0 spiro atoms. The largest absolute Gasteiger partial charge is 0.330 e. The van der Waals surface area contributed by atoms with Crippen molar-refractivity contribution in [1.29, 1.82) is 0 Å². The van der Waals surface area contributed by atoms with Gasteiger partial charge in [0.15, 0.2) is 11.6 Å². The Hall–Kier alpha value is -2.02. The quantitative estimate of drug-likeness (QED) is 0.775. The predicted molar refractivity (Wildman–Crippen MR) is 67.5 cm³/mol. The molecular weight excluding hydrogens is 256 g/mol. The third-order valence-corrected chi connectivity index (χ3v) is 2.43. The van der Waals surface area contributed by atoms with Gasteiger partial charge in [-0.1, -0.05) is 6.92 Å². The summed E-state index contributed by atoms with van der Waals surface area (Å²) in [5.41, 5.74) is 5.31. The molecule has 0 aliphatic heterocycles. The molecule has 1 aromatic carbocycles. The number of amides is 2. The van der Waals surface area contributed by atoms with Crippen LogP contribution < -0.4 is 16.4 Å². The normalized spacial score (nSPS) is 11.8. The number of rotatable bonds is 4. The Morgan fingerprint density at radius 2 is 1.68 bits per heavy atom. The van der Waals surface area contributed by atoms with Gasteiger partial charge in [-0.25, -0.2) is 8.78 Å². The summed E-state index contributed by atoms with van der Waals surface area (Å²) in [5.74, 6) is -3.63. The van der Waals surface area contributed by atoms with E-state index in [1.54, 1.807) is 6.92 Å². The van der Waals surface area contributed by atoms with Gasteiger partial charge in [0.25, 0.3) is 0 Å². The summed E-state index contributed by atoms with van der Waals surface area (Å²) in [6, 6.07) is 1.61. The lowest BCUT2D eigenvalue weighted by Crippen LogP contribution is -2.27. The van der Waals surface area contributed by atoms with E-state index in [-0.39, 0.29) is 17.9 Å². The molecule has 1 atom stereocenters. The smallest absolute Gasteiger partial charge is 0.228 e. The minimum atomic E-state index is -1.12. The van der Waals surface area contributed by atoms with Crippen molar-refractivity contribution in [3.8, 4) is 0 Å². The van der Waals surface area contributed by atoms with Gasteiger partial charge in [0, 0.05) is 31.5 Å². The van der Waals surface area contributed by atoms with E-state index in [0.717, 1.165) is 12.1 Å². The number of nitrogens with two attached hydrogens (primary N) is 1. The lowest BCUT2D eigenvalue weighted by molar-refractivity contribution is -0.119. The summed E-state index contributed by atoms with van der Waals surface area (Å²) in [4.78, 5) is 22.6. The number of hydrogen-bond acceptors (Lipinski definition) is 3. The first kappa shape index (κ1) is 15.0. The first-order chi connectivity index (χ1) is 8.85. The van der Waals surface area contributed by atoms with Gasteiger partial charge in [0.2, 0.25) is 11.8 Å². The Morgan fingerprint density at radius 3 is 2.11 bits per heavy atom. The summed E-state index contributed by atoms with van der Waals surface area (Å²) in [7, 11) is 0. The zero-order valence-corrected chi connectivity index (χ0v) is 10.6. The number of carbonyl (C=O) groups excluding carboxylic acids is 2. The van der Waals surface area contributed by atoms with Crippen molar-refractivity contribution in [3.05, 3.63) is 23.8 Å². The molecule has 0 aromatic heterocycles. The molecule has 0 aliphatic rings. The fourth-order valence-corrected chi connectivity index (χ4v) is 1.31. The fourth-order valence-electron chi connectivity index (χ4n) is 1.31. The molecule has 0 radical (unpaired) electrons. The van der Waals surface area contributed by atoms with Gasteiger partial charge in [0.1, 0.15) is 0 Å². The lowest BCUT2D eigenvalue weighted by Gasteiger charge is -2.14. The highest BCUT2D eigenvalue weighted by Crippen LogP contribution is 2.25. The fraction of sp³-hybridized carbons (Fsp3) is 0.333. The predicted octanol–water partition coefficient (Wildman–Crippen LogP) is 1.46. The van der Waals surface area contributed by atoms with E-state index in [0.29, 0.717) is 0 Å². The Balaban J connectivity index is 3.06. The van der Waals surface area contributed by atoms with Crippen LogP contribution in [0.1, 0.15) is 13.8 Å². The Labute approximate surface area is 109 Å². The highest BCUT2D eigenvalue weighted by Gasteiger charge is 2.16. The summed E-state index contributed by atoms with van der Waals surface area (Å²) >= 11 is 0. The van der Waals surface area contributed by atoms with Crippen molar-refractivity contribution in [2.75, 3.05) is 17.2 Å².